The summed E-state index contributed by atoms with van der Waals surface area (Å²) in [6, 6.07) is 10.2. The van der Waals surface area contributed by atoms with E-state index in [4.69, 9.17) is 0 Å². The number of hydrogen-bond donors (Lipinski definition) is 0. The summed E-state index contributed by atoms with van der Waals surface area (Å²) < 4.78 is 0. The number of hydrogen-bond acceptors (Lipinski definition) is 1. The maximum Gasteiger partial charge on any atom is 0.147 e. The van der Waals surface area contributed by atoms with Gasteiger partial charge in [0, 0.05) is 6.42 Å². The minimum absolute atomic E-state index is 0.185. The van der Waals surface area contributed by atoms with Crippen molar-refractivity contribution in [3.8, 4) is 0 Å². The number of ketones is 1. The molecule has 0 spiro atoms. The molecule has 0 aliphatic heterocycles. The Hall–Kier alpha value is -1.37. The molecule has 1 aliphatic rings. The van der Waals surface area contributed by atoms with Gasteiger partial charge in [0.25, 0.3) is 0 Å². The fraction of sp³-hybridized carbons (Fsp3) is 0.357. The minimum Gasteiger partial charge on any atom is -0.298 e. The highest BCUT2D eigenvalue weighted by molar-refractivity contribution is 5.92. The molecule has 1 saturated carbocycles. The van der Waals surface area contributed by atoms with E-state index in [0.717, 1.165) is 19.3 Å². The highest BCUT2D eigenvalue weighted by Gasteiger charge is 2.44. The van der Waals surface area contributed by atoms with E-state index in [2.05, 4.69) is 18.7 Å². The Kier molecular flexibility index (Phi) is 2.72. The predicted octanol–water partition coefficient (Wildman–Crippen LogP) is 3.25. The summed E-state index contributed by atoms with van der Waals surface area (Å²) >= 11 is 0. The first-order valence-corrected chi connectivity index (χ1v) is 5.49. The van der Waals surface area contributed by atoms with Crippen LogP contribution >= 0.6 is 0 Å². The molecule has 0 atom stereocenters. The van der Waals surface area contributed by atoms with Gasteiger partial charge in [-0.25, -0.2) is 0 Å². The van der Waals surface area contributed by atoms with E-state index in [1.807, 2.05) is 18.2 Å². The standard InChI is InChI=1S/C14H16O/c1-2-7-13(15)14(10-6-11-14)12-8-4-3-5-9-12/h2-5,8-9H,1,6-7,10-11H2. The lowest BCUT2D eigenvalue weighted by Crippen LogP contribution is -2.42. The van der Waals surface area contributed by atoms with Crippen molar-refractivity contribution in [2.45, 2.75) is 31.1 Å². The first-order valence-electron chi connectivity index (χ1n) is 5.49. The van der Waals surface area contributed by atoms with Gasteiger partial charge in [0.05, 0.1) is 5.41 Å². The van der Waals surface area contributed by atoms with Crippen LogP contribution < -0.4 is 0 Å². The molecular formula is C14H16O. The third-order valence-corrected chi connectivity index (χ3v) is 3.40. The molecule has 1 aromatic carbocycles. The van der Waals surface area contributed by atoms with Crippen LogP contribution in [-0.2, 0) is 10.2 Å². The molecule has 0 saturated heterocycles. The van der Waals surface area contributed by atoms with E-state index in [1.54, 1.807) is 6.08 Å². The largest absolute Gasteiger partial charge is 0.298 e. The average molecular weight is 200 g/mol. The van der Waals surface area contributed by atoms with Gasteiger partial charge >= 0.3 is 0 Å². The first kappa shape index (κ1) is 10.2. The van der Waals surface area contributed by atoms with Crippen molar-refractivity contribution in [3.05, 3.63) is 48.6 Å². The zero-order valence-corrected chi connectivity index (χ0v) is 8.91. The van der Waals surface area contributed by atoms with Crippen LogP contribution in [-0.4, -0.2) is 5.78 Å². The lowest BCUT2D eigenvalue weighted by molar-refractivity contribution is -0.126. The van der Waals surface area contributed by atoms with Gasteiger partial charge in [0.1, 0.15) is 5.78 Å². The highest BCUT2D eigenvalue weighted by Crippen LogP contribution is 2.45. The second-order valence-electron chi connectivity index (χ2n) is 4.22. The first-order chi connectivity index (χ1) is 7.29. The van der Waals surface area contributed by atoms with Crippen LogP contribution in [0.4, 0.5) is 0 Å². The molecule has 1 aliphatic carbocycles. The molecule has 15 heavy (non-hydrogen) atoms. The zero-order valence-electron chi connectivity index (χ0n) is 8.91. The van der Waals surface area contributed by atoms with Gasteiger partial charge in [-0.15, -0.1) is 6.58 Å². The minimum atomic E-state index is -0.185. The maximum absolute atomic E-state index is 12.1. The van der Waals surface area contributed by atoms with Crippen LogP contribution in [0.2, 0.25) is 0 Å². The van der Waals surface area contributed by atoms with Crippen LogP contribution in [0.3, 0.4) is 0 Å². The van der Waals surface area contributed by atoms with E-state index >= 15 is 0 Å². The van der Waals surface area contributed by atoms with Crippen molar-refractivity contribution >= 4 is 5.78 Å². The van der Waals surface area contributed by atoms with E-state index < -0.39 is 0 Å². The molecule has 78 valence electrons. The SMILES string of the molecule is C=CCC(=O)C1(c2ccccc2)CCC1. The molecular weight excluding hydrogens is 184 g/mol. The van der Waals surface area contributed by atoms with E-state index in [9.17, 15) is 4.79 Å². The van der Waals surface area contributed by atoms with Crippen molar-refractivity contribution in [1.29, 1.82) is 0 Å². The van der Waals surface area contributed by atoms with Gasteiger partial charge in [-0.3, -0.25) is 4.79 Å². The van der Waals surface area contributed by atoms with Gasteiger partial charge in [-0.1, -0.05) is 42.8 Å². The summed E-state index contributed by atoms with van der Waals surface area (Å²) in [4.78, 5) is 12.1. The monoisotopic (exact) mass is 200 g/mol. The molecule has 0 heterocycles. The van der Waals surface area contributed by atoms with Crippen molar-refractivity contribution in [1.82, 2.24) is 0 Å². The van der Waals surface area contributed by atoms with Crippen LogP contribution in [0, 0.1) is 0 Å². The summed E-state index contributed by atoms with van der Waals surface area (Å²) in [5.74, 6) is 0.329. The molecule has 0 amide bonds. The van der Waals surface area contributed by atoms with Crippen molar-refractivity contribution in [2.24, 2.45) is 0 Å². The van der Waals surface area contributed by atoms with E-state index in [-0.39, 0.29) is 5.41 Å². The van der Waals surface area contributed by atoms with Gasteiger partial charge in [-0.2, -0.15) is 0 Å². The Balaban J connectivity index is 2.30. The van der Waals surface area contributed by atoms with Gasteiger partial charge in [0.2, 0.25) is 0 Å². The Labute approximate surface area is 90.8 Å². The normalized spacial score (nSPS) is 17.9. The molecule has 0 aromatic heterocycles. The Morgan fingerprint density at radius 3 is 2.47 bits per heavy atom. The molecule has 1 aromatic rings. The van der Waals surface area contributed by atoms with Gasteiger partial charge in [0.15, 0.2) is 0 Å². The summed E-state index contributed by atoms with van der Waals surface area (Å²) in [7, 11) is 0. The zero-order chi connectivity index (χ0) is 10.7. The topological polar surface area (TPSA) is 17.1 Å². The number of Topliss-reactive ketones (excluding diaryl/α,β-unsaturated/α-hetero) is 1. The van der Waals surface area contributed by atoms with Crippen molar-refractivity contribution in [3.63, 3.8) is 0 Å². The van der Waals surface area contributed by atoms with Crippen LogP contribution in [0.1, 0.15) is 31.2 Å². The number of carbonyl (C=O) groups excluding carboxylic acids is 1. The second-order valence-corrected chi connectivity index (χ2v) is 4.22. The van der Waals surface area contributed by atoms with Gasteiger partial charge < -0.3 is 0 Å². The summed E-state index contributed by atoms with van der Waals surface area (Å²) in [5, 5.41) is 0. The molecule has 1 nitrogen and oxygen atoms in total. The number of benzene rings is 1. The highest BCUT2D eigenvalue weighted by atomic mass is 16.1. The van der Waals surface area contributed by atoms with Crippen LogP contribution in [0.25, 0.3) is 0 Å². The Bertz CT molecular complexity index is 360. The van der Waals surface area contributed by atoms with Crippen LogP contribution in [0.5, 0.6) is 0 Å². The number of allylic oxidation sites excluding steroid dienone is 1. The molecule has 0 unspecified atom stereocenters. The predicted molar refractivity (Wildman–Crippen MR) is 61.8 cm³/mol. The van der Waals surface area contributed by atoms with E-state index in [1.165, 1.54) is 5.56 Å². The van der Waals surface area contributed by atoms with E-state index in [0.29, 0.717) is 12.2 Å². The summed E-state index contributed by atoms with van der Waals surface area (Å²) in [6.07, 6.45) is 5.38. The average Bonchev–Trinajstić information content (AvgIpc) is 2.18. The van der Waals surface area contributed by atoms with Crippen molar-refractivity contribution < 1.29 is 4.79 Å². The fourth-order valence-corrected chi connectivity index (χ4v) is 2.34. The fourth-order valence-electron chi connectivity index (χ4n) is 2.34. The molecule has 0 bridgehead atoms. The molecule has 0 N–H and O–H groups in total. The number of carbonyl (C=O) groups is 1. The lowest BCUT2D eigenvalue weighted by Gasteiger charge is -2.40. The molecule has 2 rings (SSSR count). The third-order valence-electron chi connectivity index (χ3n) is 3.40. The quantitative estimate of drug-likeness (QED) is 0.682. The van der Waals surface area contributed by atoms with Crippen LogP contribution in [0.15, 0.2) is 43.0 Å². The molecule has 1 heteroatoms. The smallest absolute Gasteiger partial charge is 0.147 e. The Morgan fingerprint density at radius 1 is 1.33 bits per heavy atom. The second kappa shape index (κ2) is 4.01. The number of rotatable bonds is 4. The summed E-state index contributed by atoms with van der Waals surface area (Å²) in [6.45, 7) is 3.65. The lowest BCUT2D eigenvalue weighted by atomic mass is 9.61. The Morgan fingerprint density at radius 2 is 2.00 bits per heavy atom. The maximum atomic E-state index is 12.1. The summed E-state index contributed by atoms with van der Waals surface area (Å²) in [5.41, 5.74) is 0.998. The molecule has 0 radical (unpaired) electrons. The van der Waals surface area contributed by atoms with Gasteiger partial charge in [-0.05, 0) is 18.4 Å². The molecule has 1 fully saturated rings. The third kappa shape index (κ3) is 1.63. The van der Waals surface area contributed by atoms with Crippen molar-refractivity contribution in [2.75, 3.05) is 0 Å².